The van der Waals surface area contributed by atoms with E-state index in [1.54, 1.807) is 0 Å². The lowest BCUT2D eigenvalue weighted by Crippen LogP contribution is -2.25. The molecule has 0 bridgehead atoms. The third-order valence-corrected chi connectivity index (χ3v) is 20.1. The third-order valence-electron chi connectivity index (χ3n) is 20.1. The van der Waals surface area contributed by atoms with Crippen LogP contribution >= 0.6 is 0 Å². The van der Waals surface area contributed by atoms with Crippen molar-refractivity contribution in [1.29, 1.82) is 0 Å². The van der Waals surface area contributed by atoms with Crippen LogP contribution in [0.3, 0.4) is 0 Å². The molecule has 400 valence electrons. The Hall–Kier alpha value is -11.3. The van der Waals surface area contributed by atoms with Crippen LogP contribution in [0.1, 0.15) is 44.5 Å². The fraction of sp³-hybridized carbons (Fsp3) is 0.0238. The number of para-hydroxylation sites is 1. The van der Waals surface area contributed by atoms with Crippen molar-refractivity contribution in [3.63, 3.8) is 0 Å². The van der Waals surface area contributed by atoms with Crippen LogP contribution in [-0.2, 0) is 10.8 Å². The maximum atomic E-state index is 6.22. The van der Waals surface area contributed by atoms with Crippen LogP contribution in [0.2, 0.25) is 0 Å². The Bertz CT molecular complexity index is 5620. The molecule has 0 aliphatic heterocycles. The Kier molecular flexibility index (Phi) is 9.32. The minimum atomic E-state index is -0.452. The molecule has 0 unspecified atom stereocenters. The highest BCUT2D eigenvalue weighted by molar-refractivity contribution is 6.24. The average molecular weight is 1100 g/mol. The van der Waals surface area contributed by atoms with E-state index >= 15 is 0 Å². The highest BCUT2D eigenvalue weighted by Gasteiger charge is 2.53. The summed E-state index contributed by atoms with van der Waals surface area (Å²) in [5, 5.41) is 6.63. The second kappa shape index (κ2) is 17.2. The van der Waals surface area contributed by atoms with Crippen LogP contribution in [-0.4, -0.2) is 9.97 Å². The van der Waals surface area contributed by atoms with Gasteiger partial charge < -0.3 is 4.42 Å². The Morgan fingerprint density at radius 2 is 0.598 bits per heavy atom. The van der Waals surface area contributed by atoms with Gasteiger partial charge in [0.2, 0.25) is 0 Å². The van der Waals surface area contributed by atoms with E-state index in [0.717, 1.165) is 88.0 Å². The molecule has 0 radical (unpaired) electrons. The number of aromatic nitrogens is 2. The molecular formula is C84H48N2O. The van der Waals surface area contributed by atoms with Crippen molar-refractivity contribution in [3.8, 4) is 89.1 Å². The van der Waals surface area contributed by atoms with Crippen LogP contribution < -0.4 is 0 Å². The Labute approximate surface area is 501 Å². The van der Waals surface area contributed by atoms with Gasteiger partial charge in [0.05, 0.1) is 33.8 Å². The van der Waals surface area contributed by atoms with Gasteiger partial charge in [-0.05, 0) is 182 Å². The summed E-state index contributed by atoms with van der Waals surface area (Å²) in [4.78, 5) is 11.1. The van der Waals surface area contributed by atoms with Crippen LogP contribution in [0.4, 0.5) is 0 Å². The standard InChI is InChI=1S/C84H48N2O/c1-8-25-70-56(18-1)57-19-2-9-26-71(57)83(70)74-29-12-5-22-60(74)62-37-32-53(46-76(62)83)50-34-39-65-67(43-50)68-44-51(54-33-38-63-61-23-6-13-30-75(61)84(77(63)47-54)72-27-10-3-20-58(72)59-21-4-11-28-73(59)84)35-40-66(68)82-81(65)85-48-78(86-82)55-17-15-16-49(42-55)52-36-41-80-69(45-52)64-24-7-14-31-79(64)87-80/h1-48H. The number of rotatable bonds is 4. The first-order chi connectivity index (χ1) is 43.1. The van der Waals surface area contributed by atoms with E-state index < -0.39 is 10.8 Å². The molecule has 3 nitrogen and oxygen atoms in total. The minimum Gasteiger partial charge on any atom is -0.456 e. The predicted molar refractivity (Wildman–Crippen MR) is 356 cm³/mol. The van der Waals surface area contributed by atoms with E-state index in [0.29, 0.717) is 0 Å². The zero-order valence-electron chi connectivity index (χ0n) is 47.0. The number of furan rings is 1. The van der Waals surface area contributed by atoms with Crippen LogP contribution in [0.5, 0.6) is 0 Å². The van der Waals surface area contributed by atoms with Gasteiger partial charge in [-0.3, -0.25) is 4.98 Å². The number of hydrogen-bond donors (Lipinski definition) is 0. The summed E-state index contributed by atoms with van der Waals surface area (Å²) < 4.78 is 6.22. The van der Waals surface area contributed by atoms with E-state index in [4.69, 9.17) is 14.4 Å². The van der Waals surface area contributed by atoms with E-state index in [-0.39, 0.29) is 0 Å². The highest BCUT2D eigenvalue weighted by Crippen LogP contribution is 2.65. The van der Waals surface area contributed by atoms with Crippen molar-refractivity contribution in [2.75, 3.05) is 0 Å². The molecule has 0 saturated carbocycles. The molecular weight excluding hydrogens is 1050 g/mol. The Morgan fingerprint density at radius 1 is 0.230 bits per heavy atom. The quantitative estimate of drug-likeness (QED) is 0.165. The largest absolute Gasteiger partial charge is 0.456 e. The molecule has 2 heterocycles. The smallest absolute Gasteiger partial charge is 0.135 e. The number of hydrogen-bond acceptors (Lipinski definition) is 3. The van der Waals surface area contributed by atoms with Crippen molar-refractivity contribution in [2.45, 2.75) is 10.8 Å². The van der Waals surface area contributed by atoms with Gasteiger partial charge in [0.25, 0.3) is 0 Å². The van der Waals surface area contributed by atoms with Gasteiger partial charge >= 0.3 is 0 Å². The third kappa shape index (κ3) is 6.14. The predicted octanol–water partition coefficient (Wildman–Crippen LogP) is 21.2. The van der Waals surface area contributed by atoms with E-state index in [1.807, 2.05) is 18.3 Å². The molecule has 2 aromatic heterocycles. The van der Waals surface area contributed by atoms with Gasteiger partial charge in [-0.1, -0.05) is 237 Å². The summed E-state index contributed by atoms with van der Waals surface area (Å²) >= 11 is 0. The molecule has 0 saturated heterocycles. The van der Waals surface area contributed by atoms with Gasteiger partial charge in [0, 0.05) is 27.1 Å². The van der Waals surface area contributed by atoms with E-state index in [1.165, 1.54) is 100 Å². The Balaban J connectivity index is 0.792. The molecule has 2 spiro atoms. The van der Waals surface area contributed by atoms with Gasteiger partial charge in [-0.2, -0.15) is 0 Å². The summed E-state index contributed by atoms with van der Waals surface area (Å²) in [5.74, 6) is 0. The van der Waals surface area contributed by atoms with Crippen LogP contribution in [0, 0.1) is 0 Å². The van der Waals surface area contributed by atoms with E-state index in [2.05, 4.69) is 273 Å². The lowest BCUT2D eigenvalue weighted by molar-refractivity contribution is 0.669. The zero-order chi connectivity index (χ0) is 56.7. The lowest BCUT2D eigenvalue weighted by Gasteiger charge is -2.30. The average Bonchev–Trinajstić information content (AvgIpc) is 1.55. The first-order valence-corrected chi connectivity index (χ1v) is 30.2. The van der Waals surface area contributed by atoms with E-state index in [9.17, 15) is 0 Å². The maximum Gasteiger partial charge on any atom is 0.135 e. The summed E-state index contributed by atoms with van der Waals surface area (Å²) in [6.07, 6.45) is 1.97. The second-order valence-electron chi connectivity index (χ2n) is 24.2. The van der Waals surface area contributed by atoms with Gasteiger partial charge in [0.15, 0.2) is 0 Å². The van der Waals surface area contributed by atoms with Gasteiger partial charge in [0.1, 0.15) is 11.2 Å². The van der Waals surface area contributed by atoms with Crippen LogP contribution in [0.25, 0.3) is 144 Å². The van der Waals surface area contributed by atoms with Crippen molar-refractivity contribution >= 4 is 54.5 Å². The van der Waals surface area contributed by atoms with Crippen LogP contribution in [0.15, 0.2) is 296 Å². The number of benzene rings is 14. The Morgan fingerprint density at radius 3 is 1.10 bits per heavy atom. The minimum absolute atomic E-state index is 0.447. The molecule has 16 aromatic rings. The monoisotopic (exact) mass is 1100 g/mol. The van der Waals surface area contributed by atoms with Crippen molar-refractivity contribution in [3.05, 3.63) is 336 Å². The summed E-state index contributed by atoms with van der Waals surface area (Å²) in [7, 11) is 0. The molecule has 0 amide bonds. The molecule has 14 aromatic carbocycles. The summed E-state index contributed by atoms with van der Waals surface area (Å²) in [6.45, 7) is 0. The van der Waals surface area contributed by atoms with Gasteiger partial charge in [-0.15, -0.1) is 0 Å². The van der Waals surface area contributed by atoms with Crippen molar-refractivity contribution in [1.82, 2.24) is 9.97 Å². The SMILES string of the molecule is c1cc(-c2ccc3oc4ccccc4c3c2)cc(-c2cnc3c4ccc(-c5ccc6c(c5)C5(c7ccccc7-c7ccccc75)c5ccccc5-6)cc4c4cc(-c5ccc6c(c5)C5(c7ccccc7-c7ccccc75)c5ccccc5-6)ccc4c3n2)c1. The topological polar surface area (TPSA) is 38.9 Å². The molecule has 0 fully saturated rings. The molecule has 87 heavy (non-hydrogen) atoms. The van der Waals surface area contributed by atoms with Gasteiger partial charge in [-0.25, -0.2) is 4.98 Å². The first kappa shape index (κ1) is 47.1. The summed E-state index contributed by atoms with van der Waals surface area (Å²) in [5.41, 5.74) is 32.4. The fourth-order valence-corrected chi connectivity index (χ4v) is 16.5. The first-order valence-electron chi connectivity index (χ1n) is 30.2. The number of fused-ring (bicyclic) bond motifs is 29. The molecule has 0 N–H and O–H groups in total. The molecule has 4 aliphatic rings. The number of nitrogens with zero attached hydrogens (tertiary/aromatic N) is 2. The molecule has 3 heteroatoms. The van der Waals surface area contributed by atoms with Crippen molar-refractivity contribution < 1.29 is 4.42 Å². The highest BCUT2D eigenvalue weighted by atomic mass is 16.3. The molecule has 0 atom stereocenters. The lowest BCUT2D eigenvalue weighted by atomic mass is 9.70. The fourth-order valence-electron chi connectivity index (χ4n) is 16.5. The van der Waals surface area contributed by atoms with Crippen molar-refractivity contribution in [2.24, 2.45) is 0 Å². The normalized spacial score (nSPS) is 13.9. The zero-order valence-corrected chi connectivity index (χ0v) is 47.0. The molecule has 4 aliphatic carbocycles. The second-order valence-corrected chi connectivity index (χ2v) is 24.2. The maximum absolute atomic E-state index is 6.22. The molecule has 20 rings (SSSR count). The summed E-state index contributed by atoms with van der Waals surface area (Å²) in [6, 6.07) is 106.